The highest BCUT2D eigenvalue weighted by Crippen LogP contribution is 2.37. The van der Waals surface area contributed by atoms with Crippen LogP contribution in [0.1, 0.15) is 35.3 Å². The molecule has 3 rings (SSSR count). The molecule has 0 N–H and O–H groups in total. The number of fused-ring (bicyclic) bond motifs is 1. The lowest BCUT2D eigenvalue weighted by Crippen LogP contribution is -2.38. The van der Waals surface area contributed by atoms with Crippen molar-refractivity contribution in [3.05, 3.63) is 53.1 Å². The Morgan fingerprint density at radius 3 is 2.28 bits per heavy atom. The van der Waals surface area contributed by atoms with Crippen LogP contribution in [-0.2, 0) is 6.18 Å². The van der Waals surface area contributed by atoms with Gasteiger partial charge in [-0.1, -0.05) is 31.3 Å². The maximum absolute atomic E-state index is 13.4. The Labute approximate surface area is 189 Å². The largest absolute Gasteiger partial charge is 0.494 e. The molecule has 5 nitrogen and oxygen atoms in total. The molecule has 0 radical (unpaired) electrons. The van der Waals surface area contributed by atoms with Gasteiger partial charge < -0.3 is 9.64 Å². The van der Waals surface area contributed by atoms with Gasteiger partial charge in [0, 0.05) is 18.7 Å². The average molecular weight is 466 g/mol. The zero-order valence-corrected chi connectivity index (χ0v) is 19.3. The quantitative estimate of drug-likeness (QED) is 0.433. The number of alkyl halides is 3. The number of carbonyl (C=O) groups is 1. The number of likely N-dealkylation sites (N-methyl/N-ethyl adjacent to an activating group) is 1. The zero-order valence-electron chi connectivity index (χ0n) is 18.5. The van der Waals surface area contributed by atoms with Crippen LogP contribution in [0.5, 0.6) is 5.75 Å². The Balaban J connectivity index is 2.01. The van der Waals surface area contributed by atoms with Gasteiger partial charge in [-0.25, -0.2) is 4.98 Å². The molecule has 0 aliphatic heterocycles. The Morgan fingerprint density at radius 2 is 1.72 bits per heavy atom. The Bertz CT molecular complexity index is 1080. The number of aryl methyl sites for hydroxylation is 1. The fourth-order valence-electron chi connectivity index (χ4n) is 3.40. The van der Waals surface area contributed by atoms with Gasteiger partial charge in [-0.2, -0.15) is 13.2 Å². The summed E-state index contributed by atoms with van der Waals surface area (Å²) in [5.74, 6) is 0.223. The summed E-state index contributed by atoms with van der Waals surface area (Å²) >= 11 is 1.37. The molecule has 1 amide bonds. The van der Waals surface area contributed by atoms with Crippen molar-refractivity contribution in [2.75, 3.05) is 38.2 Å². The number of rotatable bonds is 8. The summed E-state index contributed by atoms with van der Waals surface area (Å²) in [6.07, 6.45) is -4.45. The molecule has 0 fully saturated rings. The first-order chi connectivity index (χ1) is 15.2. The van der Waals surface area contributed by atoms with Gasteiger partial charge >= 0.3 is 6.18 Å². The number of hydrogen-bond acceptors (Lipinski definition) is 5. The molecule has 0 unspecified atom stereocenters. The molecular formula is C23H26F3N3O2S. The molecule has 1 aromatic heterocycles. The molecule has 3 aromatic rings. The number of carbonyl (C=O) groups excluding carboxylic acids is 1. The fraction of sp³-hybridized carbons (Fsp3) is 0.391. The van der Waals surface area contributed by atoms with Gasteiger partial charge in [0.2, 0.25) is 0 Å². The van der Waals surface area contributed by atoms with Gasteiger partial charge in [-0.3, -0.25) is 9.69 Å². The summed E-state index contributed by atoms with van der Waals surface area (Å²) in [7, 11) is 1.56. The standard InChI is InChI=1S/C23H26F3N3O2S/c1-5-28(6-2)13-14-29(21(30)16-8-10-17(11-9-16)23(24,25)26)22-27-19-18(31-4)12-7-15(3)20(19)32-22/h7-12H,5-6,13-14H2,1-4H3. The number of amides is 1. The van der Waals surface area contributed by atoms with Gasteiger partial charge in [-0.05, 0) is 55.9 Å². The molecule has 0 atom stereocenters. The first kappa shape index (κ1) is 24.0. The first-order valence-electron chi connectivity index (χ1n) is 10.3. The third kappa shape index (κ3) is 5.05. The van der Waals surface area contributed by atoms with E-state index in [2.05, 4.69) is 9.88 Å². The Hall–Kier alpha value is -2.65. The van der Waals surface area contributed by atoms with Crippen molar-refractivity contribution in [3.63, 3.8) is 0 Å². The Morgan fingerprint density at radius 1 is 1.06 bits per heavy atom. The normalized spacial score (nSPS) is 11.9. The van der Waals surface area contributed by atoms with Crippen LogP contribution in [0, 0.1) is 6.92 Å². The third-order valence-electron chi connectivity index (χ3n) is 5.38. The number of ether oxygens (including phenoxy) is 1. The first-order valence-corrected chi connectivity index (χ1v) is 11.2. The zero-order chi connectivity index (χ0) is 23.5. The minimum atomic E-state index is -4.45. The predicted molar refractivity (Wildman–Crippen MR) is 122 cm³/mol. The number of halogens is 3. The smallest absolute Gasteiger partial charge is 0.416 e. The maximum Gasteiger partial charge on any atom is 0.416 e. The molecule has 0 aliphatic carbocycles. The number of hydrogen-bond donors (Lipinski definition) is 0. The van der Waals surface area contributed by atoms with Gasteiger partial charge in [0.05, 0.1) is 17.4 Å². The molecule has 2 aromatic carbocycles. The number of aromatic nitrogens is 1. The van der Waals surface area contributed by atoms with E-state index in [0.29, 0.717) is 29.5 Å². The topological polar surface area (TPSA) is 45.7 Å². The minimum absolute atomic E-state index is 0.181. The van der Waals surface area contributed by atoms with Gasteiger partial charge in [0.15, 0.2) is 5.13 Å². The van der Waals surface area contributed by atoms with Crippen LogP contribution in [-0.4, -0.2) is 49.1 Å². The predicted octanol–water partition coefficient (Wildman–Crippen LogP) is 5.62. The van der Waals surface area contributed by atoms with Crippen molar-refractivity contribution in [2.24, 2.45) is 0 Å². The number of nitrogens with zero attached hydrogens (tertiary/aromatic N) is 3. The van der Waals surface area contributed by atoms with E-state index in [1.54, 1.807) is 12.0 Å². The van der Waals surface area contributed by atoms with E-state index in [4.69, 9.17) is 4.74 Å². The highest BCUT2D eigenvalue weighted by molar-refractivity contribution is 7.22. The molecule has 32 heavy (non-hydrogen) atoms. The molecule has 9 heteroatoms. The molecule has 1 heterocycles. The van der Waals surface area contributed by atoms with Crippen LogP contribution in [0.25, 0.3) is 10.2 Å². The van der Waals surface area contributed by atoms with E-state index < -0.39 is 11.7 Å². The molecule has 0 spiro atoms. The van der Waals surface area contributed by atoms with Crippen LogP contribution in [0.4, 0.5) is 18.3 Å². The number of anilines is 1. The maximum atomic E-state index is 13.4. The summed E-state index contributed by atoms with van der Waals surface area (Å²) in [5, 5.41) is 0.490. The van der Waals surface area contributed by atoms with Crippen LogP contribution >= 0.6 is 11.3 Å². The van der Waals surface area contributed by atoms with Crippen LogP contribution < -0.4 is 9.64 Å². The van der Waals surface area contributed by atoms with E-state index in [1.807, 2.05) is 32.9 Å². The van der Waals surface area contributed by atoms with Crippen molar-refractivity contribution in [2.45, 2.75) is 26.9 Å². The molecule has 0 aliphatic rings. The van der Waals surface area contributed by atoms with Crippen LogP contribution in [0.15, 0.2) is 36.4 Å². The lowest BCUT2D eigenvalue weighted by molar-refractivity contribution is -0.137. The van der Waals surface area contributed by atoms with E-state index in [9.17, 15) is 18.0 Å². The highest BCUT2D eigenvalue weighted by Gasteiger charge is 2.31. The summed E-state index contributed by atoms with van der Waals surface area (Å²) < 4.78 is 45.1. The molecule has 172 valence electrons. The van der Waals surface area contributed by atoms with Gasteiger partial charge in [-0.15, -0.1) is 0 Å². The van der Waals surface area contributed by atoms with Crippen molar-refractivity contribution in [3.8, 4) is 5.75 Å². The van der Waals surface area contributed by atoms with Crippen molar-refractivity contribution in [1.82, 2.24) is 9.88 Å². The van der Waals surface area contributed by atoms with Crippen LogP contribution in [0.2, 0.25) is 0 Å². The van der Waals surface area contributed by atoms with Crippen molar-refractivity contribution < 1.29 is 22.7 Å². The number of benzene rings is 2. The second-order valence-electron chi connectivity index (χ2n) is 7.32. The lowest BCUT2D eigenvalue weighted by atomic mass is 10.1. The molecule has 0 bridgehead atoms. The summed E-state index contributed by atoms with van der Waals surface area (Å²) in [6, 6.07) is 8.06. The SMILES string of the molecule is CCN(CC)CCN(C(=O)c1ccc(C(F)(F)F)cc1)c1nc2c(OC)ccc(C)c2s1. The van der Waals surface area contributed by atoms with Crippen molar-refractivity contribution in [1.29, 1.82) is 0 Å². The van der Waals surface area contributed by atoms with E-state index >= 15 is 0 Å². The average Bonchev–Trinajstić information content (AvgIpc) is 3.22. The third-order valence-corrected chi connectivity index (χ3v) is 6.60. The second kappa shape index (κ2) is 9.87. The van der Waals surface area contributed by atoms with E-state index in [1.165, 1.54) is 23.5 Å². The van der Waals surface area contributed by atoms with E-state index in [-0.39, 0.29) is 11.5 Å². The summed E-state index contributed by atoms with van der Waals surface area (Å²) in [5.41, 5.74) is 1.07. The lowest BCUT2D eigenvalue weighted by Gasteiger charge is -2.25. The van der Waals surface area contributed by atoms with Crippen LogP contribution in [0.3, 0.4) is 0 Å². The molecular weight excluding hydrogens is 439 g/mol. The molecule has 0 saturated heterocycles. The highest BCUT2D eigenvalue weighted by atomic mass is 32.1. The number of methoxy groups -OCH3 is 1. The van der Waals surface area contributed by atoms with Crippen molar-refractivity contribution >= 4 is 32.6 Å². The molecule has 0 saturated carbocycles. The summed E-state index contributed by atoms with van der Waals surface area (Å²) in [4.78, 5) is 21.8. The number of thiazole rings is 1. The van der Waals surface area contributed by atoms with Gasteiger partial charge in [0.25, 0.3) is 5.91 Å². The van der Waals surface area contributed by atoms with E-state index in [0.717, 1.165) is 35.5 Å². The fourth-order valence-corrected chi connectivity index (χ4v) is 4.48. The monoisotopic (exact) mass is 465 g/mol. The minimum Gasteiger partial charge on any atom is -0.494 e. The summed E-state index contributed by atoms with van der Waals surface area (Å²) in [6.45, 7) is 8.67. The Kier molecular flexibility index (Phi) is 7.40. The van der Waals surface area contributed by atoms with Gasteiger partial charge in [0.1, 0.15) is 11.3 Å². The second-order valence-corrected chi connectivity index (χ2v) is 8.30.